The highest BCUT2D eigenvalue weighted by atomic mass is 16.2. The summed E-state index contributed by atoms with van der Waals surface area (Å²) in [6.45, 7) is 4.09. The fourth-order valence-corrected chi connectivity index (χ4v) is 1.39. The van der Waals surface area contributed by atoms with E-state index in [2.05, 4.69) is 10.3 Å². The number of hydrogen-bond acceptors (Lipinski definition) is 4. The highest BCUT2D eigenvalue weighted by Crippen LogP contribution is 2.11. The van der Waals surface area contributed by atoms with Crippen molar-refractivity contribution >= 4 is 11.6 Å². The molecule has 1 rings (SSSR count). The Bertz CT molecular complexity index is 436. The van der Waals surface area contributed by atoms with Gasteiger partial charge in [0.05, 0.1) is 6.54 Å². The second-order valence-electron chi connectivity index (χ2n) is 4.09. The molecule has 1 N–H and O–H groups in total. The normalized spacial score (nSPS) is 9.82. The third kappa shape index (κ3) is 4.11. The number of carbonyl (C=O) groups is 1. The summed E-state index contributed by atoms with van der Waals surface area (Å²) in [7, 11) is 1.80. The van der Waals surface area contributed by atoms with Gasteiger partial charge in [0.1, 0.15) is 11.8 Å². The van der Waals surface area contributed by atoms with E-state index in [4.69, 9.17) is 5.26 Å². The largest absolute Gasteiger partial charge is 0.365 e. The van der Waals surface area contributed by atoms with E-state index in [1.807, 2.05) is 19.9 Å². The van der Waals surface area contributed by atoms with E-state index in [9.17, 15) is 4.79 Å². The zero-order valence-electron chi connectivity index (χ0n) is 10.3. The Morgan fingerprint density at radius 2 is 2.35 bits per heavy atom. The topological polar surface area (TPSA) is 69.0 Å². The lowest BCUT2D eigenvalue weighted by molar-refractivity contribution is -0.120. The van der Waals surface area contributed by atoms with Crippen molar-refractivity contribution in [3.8, 4) is 6.07 Å². The number of nitrogens with zero attached hydrogens (tertiary/aromatic N) is 3. The number of hydrogen-bond donors (Lipinski definition) is 1. The van der Waals surface area contributed by atoms with Crippen LogP contribution < -0.4 is 10.2 Å². The van der Waals surface area contributed by atoms with Crippen LogP contribution in [0.25, 0.3) is 0 Å². The van der Waals surface area contributed by atoms with E-state index < -0.39 is 0 Å². The van der Waals surface area contributed by atoms with E-state index in [1.54, 1.807) is 30.3 Å². The van der Waals surface area contributed by atoms with Gasteiger partial charge in [0.25, 0.3) is 0 Å². The van der Waals surface area contributed by atoms with Gasteiger partial charge in [-0.05, 0) is 26.0 Å². The number of rotatable bonds is 4. The second kappa shape index (κ2) is 5.85. The molecule has 17 heavy (non-hydrogen) atoms. The summed E-state index contributed by atoms with van der Waals surface area (Å²) in [6, 6.07) is 5.52. The Balaban J connectivity index is 2.66. The van der Waals surface area contributed by atoms with Crippen molar-refractivity contribution in [1.82, 2.24) is 10.3 Å². The Labute approximate surface area is 101 Å². The third-order valence-electron chi connectivity index (χ3n) is 2.13. The average Bonchev–Trinajstić information content (AvgIpc) is 2.27. The van der Waals surface area contributed by atoms with Crippen LogP contribution in [0.3, 0.4) is 0 Å². The summed E-state index contributed by atoms with van der Waals surface area (Å²) in [5, 5.41) is 11.5. The molecule has 0 radical (unpaired) electrons. The number of aromatic nitrogens is 1. The standard InChI is InChI=1S/C12H16N4O/c1-9(2)15-12(17)8-16(3)11-4-5-14-10(6-11)7-13/h4-6,9H,8H2,1-3H3,(H,15,17). The molecule has 90 valence electrons. The highest BCUT2D eigenvalue weighted by molar-refractivity contribution is 5.81. The number of likely N-dealkylation sites (N-methyl/N-ethyl adjacent to an activating group) is 1. The molecule has 0 aromatic carbocycles. The van der Waals surface area contributed by atoms with Crippen molar-refractivity contribution < 1.29 is 4.79 Å². The number of carbonyl (C=O) groups excluding carboxylic acids is 1. The molecule has 0 aliphatic rings. The van der Waals surface area contributed by atoms with Crippen LogP contribution in [-0.4, -0.2) is 30.5 Å². The molecular formula is C12H16N4O. The monoisotopic (exact) mass is 232 g/mol. The quantitative estimate of drug-likeness (QED) is 0.838. The van der Waals surface area contributed by atoms with Crippen molar-refractivity contribution in [3.05, 3.63) is 24.0 Å². The van der Waals surface area contributed by atoms with Gasteiger partial charge in [-0.15, -0.1) is 0 Å². The number of anilines is 1. The SMILES string of the molecule is CC(C)NC(=O)CN(C)c1ccnc(C#N)c1. The van der Waals surface area contributed by atoms with Crippen LogP contribution in [-0.2, 0) is 4.79 Å². The lowest BCUT2D eigenvalue weighted by atomic mass is 10.3. The second-order valence-corrected chi connectivity index (χ2v) is 4.09. The molecular weight excluding hydrogens is 216 g/mol. The molecule has 1 aromatic heterocycles. The van der Waals surface area contributed by atoms with E-state index in [1.165, 1.54) is 0 Å². The zero-order valence-corrected chi connectivity index (χ0v) is 10.3. The molecule has 0 aliphatic carbocycles. The summed E-state index contributed by atoms with van der Waals surface area (Å²) >= 11 is 0. The molecule has 0 fully saturated rings. The minimum atomic E-state index is -0.0437. The van der Waals surface area contributed by atoms with Crippen LogP contribution in [0.4, 0.5) is 5.69 Å². The molecule has 0 atom stereocenters. The maximum Gasteiger partial charge on any atom is 0.239 e. The maximum absolute atomic E-state index is 11.6. The fourth-order valence-electron chi connectivity index (χ4n) is 1.39. The van der Waals surface area contributed by atoms with Crippen molar-refractivity contribution in [2.24, 2.45) is 0 Å². The third-order valence-corrected chi connectivity index (χ3v) is 2.13. The van der Waals surface area contributed by atoms with Gasteiger partial charge in [-0.25, -0.2) is 4.98 Å². The summed E-state index contributed by atoms with van der Waals surface area (Å²) in [6.07, 6.45) is 1.56. The maximum atomic E-state index is 11.6. The smallest absolute Gasteiger partial charge is 0.239 e. The number of nitriles is 1. The summed E-state index contributed by atoms with van der Waals surface area (Å²) in [5.74, 6) is -0.0437. The van der Waals surface area contributed by atoms with E-state index >= 15 is 0 Å². The van der Waals surface area contributed by atoms with Gasteiger partial charge in [0, 0.05) is 25.0 Å². The molecule has 5 nitrogen and oxygen atoms in total. The molecule has 0 unspecified atom stereocenters. The predicted octanol–water partition coefficient (Wildman–Crippen LogP) is 0.914. The number of nitrogens with one attached hydrogen (secondary N) is 1. The van der Waals surface area contributed by atoms with Gasteiger partial charge in [-0.2, -0.15) is 5.26 Å². The molecule has 5 heteroatoms. The van der Waals surface area contributed by atoms with Crippen LogP contribution in [0.5, 0.6) is 0 Å². The summed E-state index contributed by atoms with van der Waals surface area (Å²) in [5.41, 5.74) is 1.15. The Hall–Kier alpha value is -2.09. The van der Waals surface area contributed by atoms with Crippen molar-refractivity contribution in [2.45, 2.75) is 19.9 Å². The van der Waals surface area contributed by atoms with Crippen molar-refractivity contribution in [2.75, 3.05) is 18.5 Å². The van der Waals surface area contributed by atoms with Gasteiger partial charge in [0.2, 0.25) is 5.91 Å². The lowest BCUT2D eigenvalue weighted by Gasteiger charge is -2.19. The first-order chi connectivity index (χ1) is 8.02. The molecule has 0 aliphatic heterocycles. The fraction of sp³-hybridized carbons (Fsp3) is 0.417. The van der Waals surface area contributed by atoms with Crippen LogP contribution in [0.2, 0.25) is 0 Å². The van der Waals surface area contributed by atoms with Crippen molar-refractivity contribution in [3.63, 3.8) is 0 Å². The van der Waals surface area contributed by atoms with Crippen LogP contribution in [0.15, 0.2) is 18.3 Å². The van der Waals surface area contributed by atoms with Crippen LogP contribution >= 0.6 is 0 Å². The lowest BCUT2D eigenvalue weighted by Crippen LogP contribution is -2.38. The Kier molecular flexibility index (Phi) is 4.46. The van der Waals surface area contributed by atoms with Gasteiger partial charge in [-0.3, -0.25) is 4.79 Å². The van der Waals surface area contributed by atoms with Gasteiger partial charge in [-0.1, -0.05) is 0 Å². The Morgan fingerprint density at radius 3 is 2.94 bits per heavy atom. The first kappa shape index (κ1) is 13.0. The van der Waals surface area contributed by atoms with E-state index in [-0.39, 0.29) is 18.5 Å². The van der Waals surface area contributed by atoms with Crippen LogP contribution in [0.1, 0.15) is 19.5 Å². The first-order valence-corrected chi connectivity index (χ1v) is 5.39. The molecule has 1 aromatic rings. The minimum Gasteiger partial charge on any atom is -0.365 e. The number of pyridine rings is 1. The zero-order chi connectivity index (χ0) is 12.8. The molecule has 0 saturated heterocycles. The van der Waals surface area contributed by atoms with E-state index in [0.717, 1.165) is 5.69 Å². The molecule has 0 bridgehead atoms. The van der Waals surface area contributed by atoms with Gasteiger partial charge < -0.3 is 10.2 Å². The molecule has 1 amide bonds. The summed E-state index contributed by atoms with van der Waals surface area (Å²) in [4.78, 5) is 17.2. The highest BCUT2D eigenvalue weighted by Gasteiger charge is 2.08. The van der Waals surface area contributed by atoms with Gasteiger partial charge in [0.15, 0.2) is 0 Å². The average molecular weight is 232 g/mol. The predicted molar refractivity (Wildman–Crippen MR) is 65.5 cm³/mol. The van der Waals surface area contributed by atoms with E-state index in [0.29, 0.717) is 5.69 Å². The Morgan fingerprint density at radius 1 is 1.65 bits per heavy atom. The molecule has 0 saturated carbocycles. The first-order valence-electron chi connectivity index (χ1n) is 5.39. The molecule has 1 heterocycles. The summed E-state index contributed by atoms with van der Waals surface area (Å²) < 4.78 is 0. The van der Waals surface area contributed by atoms with Crippen molar-refractivity contribution in [1.29, 1.82) is 5.26 Å². The molecule has 0 spiro atoms. The van der Waals surface area contributed by atoms with Gasteiger partial charge >= 0.3 is 0 Å². The minimum absolute atomic E-state index is 0.0437. The number of amides is 1. The van der Waals surface area contributed by atoms with Crippen LogP contribution in [0, 0.1) is 11.3 Å².